The van der Waals surface area contributed by atoms with Crippen molar-refractivity contribution in [2.75, 3.05) is 12.4 Å². The highest BCUT2D eigenvalue weighted by molar-refractivity contribution is 9.10. The summed E-state index contributed by atoms with van der Waals surface area (Å²) in [6.45, 7) is 2.21. The van der Waals surface area contributed by atoms with Gasteiger partial charge in [0.05, 0.1) is 5.56 Å². The number of aromatic nitrogens is 1. The first-order valence-corrected chi connectivity index (χ1v) is 7.55. The molecule has 1 fully saturated rings. The van der Waals surface area contributed by atoms with Crippen LogP contribution in [0.2, 0.25) is 0 Å². The van der Waals surface area contributed by atoms with Crippen LogP contribution in [-0.2, 0) is 0 Å². The Morgan fingerprint density at radius 1 is 1.42 bits per heavy atom. The van der Waals surface area contributed by atoms with E-state index in [2.05, 4.69) is 38.5 Å². The molecule has 19 heavy (non-hydrogen) atoms. The summed E-state index contributed by atoms with van der Waals surface area (Å²) >= 11 is 3.36. The first-order valence-electron chi connectivity index (χ1n) is 6.76. The third-order valence-electron chi connectivity index (χ3n) is 3.76. The number of carbonyl (C=O) groups is 1. The number of carbonyl (C=O) groups excluding carboxylic acids is 1. The van der Waals surface area contributed by atoms with E-state index in [4.69, 9.17) is 0 Å². The minimum absolute atomic E-state index is 0.0445. The second-order valence-electron chi connectivity index (χ2n) is 5.14. The number of pyridine rings is 1. The zero-order valence-electron chi connectivity index (χ0n) is 11.4. The van der Waals surface area contributed by atoms with Crippen molar-refractivity contribution >= 4 is 27.7 Å². The van der Waals surface area contributed by atoms with Gasteiger partial charge >= 0.3 is 0 Å². The molecular weight excluding hydrogens is 306 g/mol. The van der Waals surface area contributed by atoms with Crippen molar-refractivity contribution < 1.29 is 4.79 Å². The highest BCUT2D eigenvalue weighted by atomic mass is 79.9. The second kappa shape index (κ2) is 6.37. The molecular formula is C14H20BrN3O. The largest absolute Gasteiger partial charge is 0.372 e. The molecule has 0 spiro atoms. The second-order valence-corrected chi connectivity index (χ2v) is 6.06. The first-order chi connectivity index (χ1) is 9.11. The van der Waals surface area contributed by atoms with Crippen LogP contribution in [0.1, 0.15) is 43.0 Å². The van der Waals surface area contributed by atoms with E-state index in [0.29, 0.717) is 17.3 Å². The Kier molecular flexibility index (Phi) is 4.80. The lowest BCUT2D eigenvalue weighted by Crippen LogP contribution is -2.41. The zero-order valence-corrected chi connectivity index (χ0v) is 13.0. The molecule has 4 nitrogen and oxygen atoms in total. The molecule has 1 aliphatic carbocycles. The minimum atomic E-state index is -0.0445. The highest BCUT2D eigenvalue weighted by Crippen LogP contribution is 2.25. The number of amides is 1. The van der Waals surface area contributed by atoms with Gasteiger partial charge in [-0.3, -0.25) is 4.79 Å². The van der Waals surface area contributed by atoms with Gasteiger partial charge in [-0.1, -0.05) is 19.8 Å². The summed E-state index contributed by atoms with van der Waals surface area (Å²) in [6, 6.07) is 2.09. The zero-order chi connectivity index (χ0) is 13.8. The summed E-state index contributed by atoms with van der Waals surface area (Å²) in [6.07, 6.45) is 6.42. The Bertz CT molecular complexity index is 464. The van der Waals surface area contributed by atoms with Crippen molar-refractivity contribution in [3.63, 3.8) is 0 Å². The van der Waals surface area contributed by atoms with Crippen LogP contribution in [0.4, 0.5) is 5.82 Å². The van der Waals surface area contributed by atoms with Crippen molar-refractivity contribution in [3.8, 4) is 0 Å². The van der Waals surface area contributed by atoms with Crippen LogP contribution in [0.25, 0.3) is 0 Å². The lowest BCUT2D eigenvalue weighted by Gasteiger charge is -2.29. The predicted octanol–water partition coefficient (Wildman–Crippen LogP) is 3.19. The fourth-order valence-electron chi connectivity index (χ4n) is 2.59. The molecule has 0 aliphatic heterocycles. The third-order valence-corrected chi connectivity index (χ3v) is 4.20. The maximum absolute atomic E-state index is 12.4. The van der Waals surface area contributed by atoms with Gasteiger partial charge in [0.25, 0.3) is 5.91 Å². The number of hydrogen-bond donors (Lipinski definition) is 2. The van der Waals surface area contributed by atoms with Crippen molar-refractivity contribution in [1.29, 1.82) is 0 Å². The van der Waals surface area contributed by atoms with E-state index in [1.807, 2.05) is 6.07 Å². The smallest absolute Gasteiger partial charge is 0.255 e. The molecule has 0 aromatic carbocycles. The quantitative estimate of drug-likeness (QED) is 0.897. The molecule has 2 unspecified atom stereocenters. The van der Waals surface area contributed by atoms with Gasteiger partial charge in [-0.25, -0.2) is 4.98 Å². The number of nitrogens with zero attached hydrogens (tertiary/aromatic N) is 1. The van der Waals surface area contributed by atoms with Crippen molar-refractivity contribution in [1.82, 2.24) is 10.3 Å². The maximum Gasteiger partial charge on any atom is 0.255 e. The minimum Gasteiger partial charge on any atom is -0.372 e. The van der Waals surface area contributed by atoms with Gasteiger partial charge in [0.1, 0.15) is 5.82 Å². The fraction of sp³-hybridized carbons (Fsp3) is 0.571. The summed E-state index contributed by atoms with van der Waals surface area (Å²) in [7, 11) is 1.77. The van der Waals surface area contributed by atoms with Gasteiger partial charge in [0, 0.05) is 23.8 Å². The van der Waals surface area contributed by atoms with Crippen molar-refractivity contribution in [3.05, 3.63) is 22.3 Å². The van der Waals surface area contributed by atoms with E-state index in [0.717, 1.165) is 10.9 Å². The third kappa shape index (κ3) is 3.47. The van der Waals surface area contributed by atoms with Gasteiger partial charge < -0.3 is 10.6 Å². The standard InChI is InChI=1S/C14H20BrN3O/c1-9-5-3-4-6-12(9)18-14(19)11-7-10(15)8-17-13(11)16-2/h7-9,12H,3-6H2,1-2H3,(H,16,17)(H,18,19). The molecule has 0 radical (unpaired) electrons. The number of nitrogens with one attached hydrogen (secondary N) is 2. The first kappa shape index (κ1) is 14.3. The molecule has 1 amide bonds. The monoisotopic (exact) mass is 325 g/mol. The average Bonchev–Trinajstić information content (AvgIpc) is 2.41. The molecule has 2 N–H and O–H groups in total. The molecule has 104 valence electrons. The van der Waals surface area contributed by atoms with Crippen LogP contribution in [-0.4, -0.2) is 24.0 Å². The average molecular weight is 326 g/mol. The van der Waals surface area contributed by atoms with Crippen LogP contribution in [0.3, 0.4) is 0 Å². The number of rotatable bonds is 3. The van der Waals surface area contributed by atoms with E-state index in [1.54, 1.807) is 13.2 Å². The van der Waals surface area contributed by atoms with Gasteiger partial charge in [-0.2, -0.15) is 0 Å². The van der Waals surface area contributed by atoms with E-state index in [9.17, 15) is 4.79 Å². The molecule has 0 saturated heterocycles. The molecule has 0 bridgehead atoms. The Labute approximate surface area is 122 Å². The maximum atomic E-state index is 12.4. The number of hydrogen-bond acceptors (Lipinski definition) is 3. The summed E-state index contributed by atoms with van der Waals surface area (Å²) in [4.78, 5) is 16.6. The van der Waals surface area contributed by atoms with Crippen LogP contribution in [0.5, 0.6) is 0 Å². The van der Waals surface area contributed by atoms with Gasteiger partial charge in [-0.15, -0.1) is 0 Å². The predicted molar refractivity (Wildman–Crippen MR) is 80.4 cm³/mol. The van der Waals surface area contributed by atoms with Crippen LogP contribution >= 0.6 is 15.9 Å². The topological polar surface area (TPSA) is 54.0 Å². The molecule has 1 aromatic heterocycles. The molecule has 2 atom stereocenters. The van der Waals surface area contributed by atoms with Gasteiger partial charge in [0.2, 0.25) is 0 Å². The lowest BCUT2D eigenvalue weighted by molar-refractivity contribution is 0.0911. The Balaban J connectivity index is 2.13. The molecule has 2 rings (SSSR count). The summed E-state index contributed by atoms with van der Waals surface area (Å²) in [5, 5.41) is 6.11. The molecule has 1 saturated carbocycles. The normalized spacial score (nSPS) is 22.9. The van der Waals surface area contributed by atoms with E-state index in [1.165, 1.54) is 19.3 Å². The summed E-state index contributed by atoms with van der Waals surface area (Å²) in [5.41, 5.74) is 0.592. The van der Waals surface area contributed by atoms with E-state index >= 15 is 0 Å². The SMILES string of the molecule is CNc1ncc(Br)cc1C(=O)NC1CCCCC1C. The van der Waals surface area contributed by atoms with Crippen molar-refractivity contribution in [2.24, 2.45) is 5.92 Å². The molecule has 1 heterocycles. The fourth-order valence-corrected chi connectivity index (χ4v) is 2.92. The number of halogens is 1. The van der Waals surface area contributed by atoms with Crippen LogP contribution < -0.4 is 10.6 Å². The molecule has 1 aliphatic rings. The van der Waals surface area contributed by atoms with Crippen LogP contribution in [0, 0.1) is 5.92 Å². The molecule has 1 aromatic rings. The Hall–Kier alpha value is -1.10. The van der Waals surface area contributed by atoms with Crippen molar-refractivity contribution in [2.45, 2.75) is 38.6 Å². The Morgan fingerprint density at radius 2 is 2.16 bits per heavy atom. The highest BCUT2D eigenvalue weighted by Gasteiger charge is 2.24. The number of anilines is 1. The summed E-state index contributed by atoms with van der Waals surface area (Å²) in [5.74, 6) is 1.12. The van der Waals surface area contributed by atoms with E-state index < -0.39 is 0 Å². The lowest BCUT2D eigenvalue weighted by atomic mass is 9.86. The van der Waals surface area contributed by atoms with Crippen LogP contribution in [0.15, 0.2) is 16.7 Å². The Morgan fingerprint density at radius 3 is 2.84 bits per heavy atom. The summed E-state index contributed by atoms with van der Waals surface area (Å²) < 4.78 is 0.813. The van der Waals surface area contributed by atoms with Gasteiger partial charge in [0.15, 0.2) is 0 Å². The molecule has 5 heteroatoms. The van der Waals surface area contributed by atoms with E-state index in [-0.39, 0.29) is 11.9 Å². The van der Waals surface area contributed by atoms with Gasteiger partial charge in [-0.05, 0) is 40.8 Å².